The molecule has 0 saturated heterocycles. The van der Waals surface area contributed by atoms with Crippen LogP contribution in [-0.2, 0) is 17.8 Å². The normalized spacial score (nSPS) is 13.9. The first-order valence-electron chi connectivity index (χ1n) is 9.24. The van der Waals surface area contributed by atoms with Crippen molar-refractivity contribution in [2.24, 2.45) is 0 Å². The largest absolute Gasteiger partial charge is 0.493 e. The van der Waals surface area contributed by atoms with Crippen molar-refractivity contribution in [1.29, 1.82) is 0 Å². The minimum Gasteiger partial charge on any atom is -0.493 e. The number of amides is 1. The molecule has 0 atom stereocenters. The third-order valence-electron chi connectivity index (χ3n) is 4.46. The molecule has 1 aromatic heterocycles. The zero-order chi connectivity index (χ0) is 19.9. The third kappa shape index (κ3) is 4.99. The lowest BCUT2D eigenvalue weighted by Crippen LogP contribution is -2.29. The fraction of sp³-hybridized carbons (Fsp3) is 0.333. The number of carbonyl (C=O) groups is 1. The Kier molecular flexibility index (Phi) is 6.84. The molecular weight excluding hydrogens is 374 g/mol. The van der Waals surface area contributed by atoms with Gasteiger partial charge < -0.3 is 9.47 Å². The van der Waals surface area contributed by atoms with Crippen molar-refractivity contribution in [1.82, 2.24) is 9.88 Å². The summed E-state index contributed by atoms with van der Waals surface area (Å²) in [6.45, 7) is 9.16. The van der Waals surface area contributed by atoms with Gasteiger partial charge in [-0.1, -0.05) is 25.6 Å². The van der Waals surface area contributed by atoms with Crippen molar-refractivity contribution >= 4 is 28.5 Å². The number of benzene rings is 1. The van der Waals surface area contributed by atoms with Crippen LogP contribution in [0.1, 0.15) is 23.1 Å². The number of methoxy groups -OCH3 is 1. The zero-order valence-electron chi connectivity index (χ0n) is 16.2. The van der Waals surface area contributed by atoms with Crippen molar-refractivity contribution in [3.05, 3.63) is 53.1 Å². The molecule has 1 N–H and O–H groups in total. The predicted molar refractivity (Wildman–Crippen MR) is 113 cm³/mol. The molecule has 3 rings (SSSR count). The quantitative estimate of drug-likeness (QED) is 0.541. The van der Waals surface area contributed by atoms with E-state index in [1.54, 1.807) is 30.6 Å². The SMILES string of the molecule is C=CCOc1ccc(/C=C/C(=O)Nc2nc3c(s2)CN(CC)CC3)cc1OC. The summed E-state index contributed by atoms with van der Waals surface area (Å²) in [5.74, 6) is 1.04. The van der Waals surface area contributed by atoms with Crippen molar-refractivity contribution in [3.8, 4) is 11.5 Å². The molecule has 1 amide bonds. The first kappa shape index (κ1) is 20.1. The second-order valence-electron chi connectivity index (χ2n) is 6.34. The van der Waals surface area contributed by atoms with E-state index < -0.39 is 0 Å². The summed E-state index contributed by atoms with van der Waals surface area (Å²) in [4.78, 5) is 20.5. The minimum absolute atomic E-state index is 0.204. The number of likely N-dealkylation sites (N-methyl/N-ethyl adjacent to an activating group) is 1. The highest BCUT2D eigenvalue weighted by atomic mass is 32.1. The predicted octanol–water partition coefficient (Wildman–Crippen LogP) is 3.75. The maximum atomic E-state index is 12.3. The van der Waals surface area contributed by atoms with Crippen molar-refractivity contribution in [3.63, 3.8) is 0 Å². The highest BCUT2D eigenvalue weighted by molar-refractivity contribution is 7.15. The van der Waals surface area contributed by atoms with Gasteiger partial charge in [-0.2, -0.15) is 0 Å². The lowest BCUT2D eigenvalue weighted by Gasteiger charge is -2.23. The van der Waals surface area contributed by atoms with Gasteiger partial charge in [-0.25, -0.2) is 4.98 Å². The molecule has 1 aromatic carbocycles. The van der Waals surface area contributed by atoms with Crippen LogP contribution in [0.25, 0.3) is 6.08 Å². The molecule has 0 fully saturated rings. The summed E-state index contributed by atoms with van der Waals surface area (Å²) in [5, 5.41) is 3.52. The van der Waals surface area contributed by atoms with Gasteiger partial charge in [0.15, 0.2) is 16.6 Å². The number of hydrogen-bond acceptors (Lipinski definition) is 6. The van der Waals surface area contributed by atoms with Gasteiger partial charge in [0.25, 0.3) is 0 Å². The van der Waals surface area contributed by atoms with Crippen LogP contribution in [0, 0.1) is 0 Å². The van der Waals surface area contributed by atoms with Gasteiger partial charge in [0.05, 0.1) is 12.8 Å². The Hall–Kier alpha value is -2.64. The molecule has 1 aliphatic heterocycles. The van der Waals surface area contributed by atoms with E-state index in [1.807, 2.05) is 18.2 Å². The molecule has 7 heteroatoms. The average Bonchev–Trinajstić information content (AvgIpc) is 3.11. The van der Waals surface area contributed by atoms with Crippen LogP contribution in [0.2, 0.25) is 0 Å². The number of rotatable bonds is 8. The number of carbonyl (C=O) groups excluding carboxylic acids is 1. The van der Waals surface area contributed by atoms with Crippen LogP contribution >= 0.6 is 11.3 Å². The molecule has 28 heavy (non-hydrogen) atoms. The van der Waals surface area contributed by atoms with Crippen molar-refractivity contribution in [2.75, 3.05) is 32.1 Å². The zero-order valence-corrected chi connectivity index (χ0v) is 17.1. The molecule has 148 valence electrons. The van der Waals surface area contributed by atoms with Gasteiger partial charge >= 0.3 is 0 Å². The van der Waals surface area contributed by atoms with Crippen LogP contribution in [0.3, 0.4) is 0 Å². The molecule has 0 unspecified atom stereocenters. The van der Waals surface area contributed by atoms with E-state index >= 15 is 0 Å². The molecular formula is C21H25N3O3S. The number of fused-ring (bicyclic) bond motifs is 1. The van der Waals surface area contributed by atoms with Gasteiger partial charge in [0, 0.05) is 30.5 Å². The highest BCUT2D eigenvalue weighted by Gasteiger charge is 2.20. The van der Waals surface area contributed by atoms with E-state index in [0.717, 1.165) is 37.3 Å². The second-order valence-corrected chi connectivity index (χ2v) is 7.42. The van der Waals surface area contributed by atoms with E-state index in [1.165, 1.54) is 11.0 Å². The molecule has 0 aliphatic carbocycles. The Bertz CT molecular complexity index is 876. The lowest BCUT2D eigenvalue weighted by molar-refractivity contribution is -0.111. The van der Waals surface area contributed by atoms with Gasteiger partial charge in [-0.05, 0) is 30.3 Å². The van der Waals surface area contributed by atoms with E-state index in [4.69, 9.17) is 9.47 Å². The van der Waals surface area contributed by atoms with Gasteiger partial charge in [-0.15, -0.1) is 11.3 Å². The van der Waals surface area contributed by atoms with E-state index in [-0.39, 0.29) is 5.91 Å². The number of ether oxygens (including phenoxy) is 2. The summed E-state index contributed by atoms with van der Waals surface area (Å²) in [5.41, 5.74) is 1.95. The smallest absolute Gasteiger partial charge is 0.250 e. The third-order valence-corrected chi connectivity index (χ3v) is 5.46. The summed E-state index contributed by atoms with van der Waals surface area (Å²) >= 11 is 1.56. The number of hydrogen-bond donors (Lipinski definition) is 1. The Morgan fingerprint density at radius 1 is 1.43 bits per heavy atom. The van der Waals surface area contributed by atoms with E-state index in [0.29, 0.717) is 23.2 Å². The molecule has 0 radical (unpaired) electrons. The van der Waals surface area contributed by atoms with Crippen LogP contribution in [0.5, 0.6) is 11.5 Å². The first-order valence-corrected chi connectivity index (χ1v) is 10.1. The van der Waals surface area contributed by atoms with Crippen LogP contribution in [0.15, 0.2) is 36.9 Å². The maximum Gasteiger partial charge on any atom is 0.250 e. The van der Waals surface area contributed by atoms with E-state index in [2.05, 4.69) is 28.7 Å². The summed E-state index contributed by atoms with van der Waals surface area (Å²) in [6.07, 6.45) is 5.85. The molecule has 6 nitrogen and oxygen atoms in total. The van der Waals surface area contributed by atoms with Crippen molar-refractivity contribution < 1.29 is 14.3 Å². The highest BCUT2D eigenvalue weighted by Crippen LogP contribution is 2.29. The van der Waals surface area contributed by atoms with Crippen LogP contribution in [0.4, 0.5) is 5.13 Å². The van der Waals surface area contributed by atoms with Gasteiger partial charge in [-0.3, -0.25) is 15.0 Å². The first-order chi connectivity index (χ1) is 13.6. The fourth-order valence-corrected chi connectivity index (χ4v) is 4.00. The summed E-state index contributed by atoms with van der Waals surface area (Å²) in [6, 6.07) is 5.50. The Morgan fingerprint density at radius 2 is 2.29 bits per heavy atom. The van der Waals surface area contributed by atoms with Gasteiger partial charge in [0.1, 0.15) is 6.61 Å². The average molecular weight is 400 g/mol. The molecule has 2 heterocycles. The number of thiazole rings is 1. The molecule has 0 saturated carbocycles. The van der Waals surface area contributed by atoms with Gasteiger partial charge in [0.2, 0.25) is 5.91 Å². The standard InChI is InChI=1S/C21H25N3O3S/c1-4-12-27-17-8-6-15(13-18(17)26-3)7-9-20(25)23-21-22-16-10-11-24(5-2)14-19(16)28-21/h4,6-9,13H,1,5,10-12,14H2,2-3H3,(H,22,23,25)/b9-7+. The Balaban J connectivity index is 1.62. The summed E-state index contributed by atoms with van der Waals surface area (Å²) in [7, 11) is 1.58. The number of aromatic nitrogens is 1. The number of nitrogens with one attached hydrogen (secondary N) is 1. The molecule has 0 spiro atoms. The van der Waals surface area contributed by atoms with Crippen LogP contribution in [-0.4, -0.2) is 42.6 Å². The lowest BCUT2D eigenvalue weighted by atomic mass is 10.2. The number of anilines is 1. The Labute approximate surface area is 169 Å². The monoisotopic (exact) mass is 399 g/mol. The van der Waals surface area contributed by atoms with Crippen LogP contribution < -0.4 is 14.8 Å². The number of nitrogens with zero attached hydrogens (tertiary/aromatic N) is 2. The molecule has 2 aromatic rings. The minimum atomic E-state index is -0.204. The van der Waals surface area contributed by atoms with E-state index in [9.17, 15) is 4.79 Å². The maximum absolute atomic E-state index is 12.3. The topological polar surface area (TPSA) is 63.7 Å². The van der Waals surface area contributed by atoms with Crippen molar-refractivity contribution in [2.45, 2.75) is 19.9 Å². The fourth-order valence-electron chi connectivity index (χ4n) is 2.95. The summed E-state index contributed by atoms with van der Waals surface area (Å²) < 4.78 is 10.9. The molecule has 0 bridgehead atoms. The molecule has 1 aliphatic rings. The Morgan fingerprint density at radius 3 is 3.04 bits per heavy atom. The second kappa shape index (κ2) is 9.52.